The lowest BCUT2D eigenvalue weighted by atomic mass is 9.83. The predicted octanol–water partition coefficient (Wildman–Crippen LogP) is 9.97. The van der Waals surface area contributed by atoms with E-state index in [0.29, 0.717) is 33.9 Å². The van der Waals surface area contributed by atoms with Gasteiger partial charge in [0.2, 0.25) is 0 Å². The molecule has 4 aromatic rings. The first-order valence-corrected chi connectivity index (χ1v) is 26.9. The van der Waals surface area contributed by atoms with Crippen LogP contribution in [0.4, 0.5) is 11.6 Å². The normalized spacial score (nSPS) is 20.3. The van der Waals surface area contributed by atoms with Crippen LogP contribution >= 0.6 is 47.8 Å². The summed E-state index contributed by atoms with van der Waals surface area (Å²) >= 11 is 10.7. The number of anilines is 2. The minimum absolute atomic E-state index is 0.104. The van der Waals surface area contributed by atoms with Crippen LogP contribution in [0.1, 0.15) is 141 Å². The van der Waals surface area contributed by atoms with Crippen molar-refractivity contribution in [2.24, 2.45) is 23.7 Å². The van der Waals surface area contributed by atoms with Crippen molar-refractivity contribution in [3.8, 4) is 0 Å². The molecule has 4 heterocycles. The molecule has 364 valence electrons. The number of esters is 2. The van der Waals surface area contributed by atoms with Gasteiger partial charge in [0.25, 0.3) is 11.8 Å². The number of ether oxygens (including phenoxy) is 2. The number of hydrogen-bond donors (Lipinski definition) is 3. The van der Waals surface area contributed by atoms with Crippen LogP contribution in [0.3, 0.4) is 0 Å². The van der Waals surface area contributed by atoms with Crippen LogP contribution in [-0.2, 0) is 22.6 Å². The van der Waals surface area contributed by atoms with Crippen LogP contribution in [-0.4, -0.2) is 93.2 Å². The summed E-state index contributed by atoms with van der Waals surface area (Å²) in [6.45, 7) is 11.9. The smallest absolute Gasteiger partial charge is 0.337 e. The molecule has 2 amide bonds. The number of fused-ring (bicyclic) bond motifs is 2. The van der Waals surface area contributed by atoms with Crippen LogP contribution in [0, 0.1) is 37.5 Å². The number of amides is 2. The third-order valence-electron chi connectivity index (χ3n) is 13.6. The molecule has 2 fully saturated rings. The van der Waals surface area contributed by atoms with Crippen molar-refractivity contribution < 1.29 is 28.7 Å². The van der Waals surface area contributed by atoms with Gasteiger partial charge in [0.15, 0.2) is 0 Å². The number of hydrogen-bond acceptors (Lipinski definition) is 10. The Bertz CT molecular complexity index is 2270. The van der Waals surface area contributed by atoms with Gasteiger partial charge in [-0.15, -0.1) is 0 Å². The largest absolute Gasteiger partial charge is 0.465 e. The summed E-state index contributed by atoms with van der Waals surface area (Å²) in [7, 11) is 2.71. The van der Waals surface area contributed by atoms with E-state index in [-0.39, 0.29) is 35.8 Å². The number of carbonyl (C=O) groups is 4. The molecule has 3 N–H and O–H groups in total. The van der Waals surface area contributed by atoms with Crippen LogP contribution < -0.4 is 20.9 Å². The number of benzene rings is 2. The minimum atomic E-state index is -0.379. The fourth-order valence-corrected chi connectivity index (χ4v) is 11.4. The van der Waals surface area contributed by atoms with Gasteiger partial charge in [-0.2, -0.15) is 10.2 Å². The summed E-state index contributed by atoms with van der Waals surface area (Å²) in [4.78, 5) is 51.5. The van der Waals surface area contributed by atoms with Gasteiger partial charge in [0.1, 0.15) is 22.8 Å². The van der Waals surface area contributed by atoms with E-state index in [4.69, 9.17) is 4.74 Å². The summed E-state index contributed by atoms with van der Waals surface area (Å²) < 4.78 is 13.2. The van der Waals surface area contributed by atoms with Gasteiger partial charge in [-0.3, -0.25) is 9.59 Å². The van der Waals surface area contributed by atoms with Crippen LogP contribution in [0.2, 0.25) is 0 Å². The molecule has 4 aliphatic rings. The Balaban J connectivity index is 0.000000189. The predicted molar refractivity (Wildman–Crippen MR) is 274 cm³/mol. The number of halogens is 3. The standard InChI is InChI=1S/C25H33BrN4O3.C17H20N4O3.C8H14Br2/c1-16(20-8-10-21(11-9-20)25(32)33-3)27-23(31)22-17(2)28-30-13-12-29(24(22)30)15-19-6-4-18(14-26)5-7-19;1-10(12-4-6-13(7-5-12)17(23)24-3)19-16(22)14-11(2)20-21-9-8-18-15(14)21;9-5-7-1-2-8(6-10)4-3-7/h8-11,16,18-19H,4-7,12-15H2,1-3H3,(H,27,31);4-7,10,18H,8-9H2,1-3H3,(H,19,22);7-8H,1-6H2/t16-,18?,19?;10-;/m00./s1. The van der Waals surface area contributed by atoms with Gasteiger partial charge in [-0.1, -0.05) is 72.1 Å². The molecule has 67 heavy (non-hydrogen) atoms. The van der Waals surface area contributed by atoms with Gasteiger partial charge >= 0.3 is 11.9 Å². The Morgan fingerprint density at radius 1 is 0.627 bits per heavy atom. The number of aryl methyl sites for hydroxylation is 2. The van der Waals surface area contributed by atoms with Crippen molar-refractivity contribution in [1.29, 1.82) is 0 Å². The van der Waals surface area contributed by atoms with Crippen molar-refractivity contribution in [3.05, 3.63) is 93.3 Å². The fraction of sp³-hybridized carbons (Fsp3) is 0.560. The third kappa shape index (κ3) is 13.3. The SMILES string of the molecule is BrCC1CCC(CBr)CC1.COC(=O)c1ccc([C@H](C)NC(=O)c2c(C)nn3c2N(CC2CCC(CBr)CC2)CC3)cc1.COC(=O)c1ccc([C@H](C)NC(=O)c2c(C)nn3c2NCC3)cc1. The Morgan fingerprint density at radius 3 is 1.49 bits per heavy atom. The maximum Gasteiger partial charge on any atom is 0.337 e. The van der Waals surface area contributed by atoms with Crippen molar-refractivity contribution in [1.82, 2.24) is 30.2 Å². The zero-order valence-corrected chi connectivity index (χ0v) is 44.5. The maximum atomic E-state index is 13.3. The van der Waals surface area contributed by atoms with Crippen molar-refractivity contribution in [2.45, 2.75) is 104 Å². The zero-order chi connectivity index (χ0) is 48.2. The highest BCUT2D eigenvalue weighted by molar-refractivity contribution is 9.09. The first-order chi connectivity index (χ1) is 32.3. The van der Waals surface area contributed by atoms with Crippen molar-refractivity contribution in [2.75, 3.05) is 60.1 Å². The Labute approximate surface area is 420 Å². The number of carbonyl (C=O) groups excluding carboxylic acids is 4. The van der Waals surface area contributed by atoms with Crippen LogP contribution in [0.15, 0.2) is 48.5 Å². The van der Waals surface area contributed by atoms with E-state index in [1.165, 1.54) is 76.2 Å². The molecule has 2 aliphatic carbocycles. The van der Waals surface area contributed by atoms with E-state index in [0.717, 1.165) is 84.3 Å². The van der Waals surface area contributed by atoms with E-state index >= 15 is 0 Å². The van der Waals surface area contributed by atoms with Gasteiger partial charge in [-0.05, 0) is 138 Å². The van der Waals surface area contributed by atoms with Crippen molar-refractivity contribution >= 4 is 83.2 Å². The lowest BCUT2D eigenvalue weighted by Crippen LogP contribution is -2.33. The average Bonchev–Trinajstić information content (AvgIpc) is 4.13. The molecular formula is C50H67Br3N8O6. The average molecular weight is 1120 g/mol. The molecule has 0 saturated heterocycles. The topological polar surface area (TPSA) is 162 Å². The second-order valence-electron chi connectivity index (χ2n) is 18.3. The van der Waals surface area contributed by atoms with Crippen molar-refractivity contribution in [3.63, 3.8) is 0 Å². The molecule has 0 spiro atoms. The second kappa shape index (κ2) is 24.9. The molecule has 2 saturated carbocycles. The molecule has 2 aliphatic heterocycles. The summed E-state index contributed by atoms with van der Waals surface area (Å²) in [5.74, 6) is 4.13. The summed E-state index contributed by atoms with van der Waals surface area (Å²) in [6.07, 6.45) is 10.8. The zero-order valence-electron chi connectivity index (χ0n) is 39.7. The summed E-state index contributed by atoms with van der Waals surface area (Å²) in [5, 5.41) is 21.9. The highest BCUT2D eigenvalue weighted by Crippen LogP contribution is 2.35. The molecule has 8 rings (SSSR count). The molecule has 0 unspecified atom stereocenters. The first kappa shape index (κ1) is 52.2. The van der Waals surface area contributed by atoms with E-state index in [1.54, 1.807) is 24.3 Å². The van der Waals surface area contributed by atoms with E-state index in [9.17, 15) is 19.2 Å². The van der Waals surface area contributed by atoms with Gasteiger partial charge in [0, 0.05) is 35.6 Å². The van der Waals surface area contributed by atoms with Gasteiger partial charge in [-0.25, -0.2) is 19.0 Å². The fourth-order valence-electron chi connectivity index (χ4n) is 9.46. The molecule has 0 radical (unpaired) electrons. The first-order valence-electron chi connectivity index (χ1n) is 23.6. The van der Waals surface area contributed by atoms with Gasteiger partial charge < -0.3 is 30.3 Å². The maximum absolute atomic E-state index is 13.3. The number of nitrogens with one attached hydrogen (secondary N) is 3. The van der Waals surface area contributed by atoms with E-state index in [2.05, 4.69) is 83.6 Å². The Morgan fingerprint density at radius 2 is 1.04 bits per heavy atom. The summed E-state index contributed by atoms with van der Waals surface area (Å²) in [5.41, 5.74) is 5.56. The lowest BCUT2D eigenvalue weighted by Gasteiger charge is -2.31. The monoisotopic (exact) mass is 1110 g/mol. The highest BCUT2D eigenvalue weighted by atomic mass is 79.9. The molecule has 2 aromatic heterocycles. The number of alkyl halides is 3. The highest BCUT2D eigenvalue weighted by Gasteiger charge is 2.33. The van der Waals surface area contributed by atoms with Crippen LogP contribution in [0.25, 0.3) is 0 Å². The molecular weight excluding hydrogens is 1050 g/mol. The summed E-state index contributed by atoms with van der Waals surface area (Å²) in [6, 6.07) is 13.7. The molecule has 2 atom stereocenters. The Kier molecular flexibility index (Phi) is 19.4. The number of aromatic nitrogens is 4. The number of rotatable bonds is 13. The molecule has 14 nitrogen and oxygen atoms in total. The number of methoxy groups -OCH3 is 2. The number of nitrogens with zero attached hydrogens (tertiary/aromatic N) is 5. The van der Waals surface area contributed by atoms with E-state index < -0.39 is 0 Å². The minimum Gasteiger partial charge on any atom is -0.465 e. The second-order valence-corrected chi connectivity index (χ2v) is 20.2. The van der Waals surface area contributed by atoms with E-state index in [1.807, 2.05) is 61.3 Å². The lowest BCUT2D eigenvalue weighted by molar-refractivity contribution is 0.0592. The van der Waals surface area contributed by atoms with Crippen LogP contribution in [0.5, 0.6) is 0 Å². The quantitative estimate of drug-likeness (QED) is 0.0868. The third-order valence-corrected chi connectivity index (χ3v) is 16.4. The Hall–Kier alpha value is -4.22. The molecule has 17 heteroatoms. The van der Waals surface area contributed by atoms with Gasteiger partial charge in [0.05, 0.1) is 61.9 Å². The molecule has 2 aromatic carbocycles. The molecule has 0 bridgehead atoms.